The molecule has 1 fully saturated rings. The first-order valence-electron chi connectivity index (χ1n) is 9.52. The van der Waals surface area contributed by atoms with E-state index >= 15 is 0 Å². The van der Waals surface area contributed by atoms with Crippen molar-refractivity contribution in [2.24, 2.45) is 5.92 Å². The SMILES string of the molecule is C=CN1C(C)(C)CC(CCCC)C(NCc2ccccc2)C1(C)C. The lowest BCUT2D eigenvalue weighted by Gasteiger charge is -2.59. The second-order valence-electron chi connectivity index (χ2n) is 8.47. The Morgan fingerprint density at radius 3 is 2.46 bits per heavy atom. The van der Waals surface area contributed by atoms with Gasteiger partial charge in [0.15, 0.2) is 0 Å². The van der Waals surface area contributed by atoms with Crippen LogP contribution in [-0.2, 0) is 6.54 Å². The monoisotopic (exact) mass is 328 g/mol. The molecule has 2 rings (SSSR count). The zero-order chi connectivity index (χ0) is 17.8. The zero-order valence-electron chi connectivity index (χ0n) is 16.3. The fourth-order valence-corrected chi connectivity index (χ4v) is 4.82. The molecule has 0 saturated carbocycles. The molecule has 0 spiro atoms. The fraction of sp³-hybridized carbons (Fsp3) is 0.636. The average Bonchev–Trinajstić information content (AvgIpc) is 2.52. The van der Waals surface area contributed by atoms with Gasteiger partial charge in [0.1, 0.15) is 0 Å². The lowest BCUT2D eigenvalue weighted by atomic mass is 9.68. The Kier molecular flexibility index (Phi) is 6.14. The average molecular weight is 329 g/mol. The Balaban J connectivity index is 2.22. The summed E-state index contributed by atoms with van der Waals surface area (Å²) in [5.74, 6) is 0.704. The van der Waals surface area contributed by atoms with Crippen molar-refractivity contribution in [3.63, 3.8) is 0 Å². The molecule has 2 atom stereocenters. The molecule has 2 unspecified atom stereocenters. The molecular formula is C22H36N2. The first-order valence-corrected chi connectivity index (χ1v) is 9.52. The van der Waals surface area contributed by atoms with Crippen molar-refractivity contribution < 1.29 is 0 Å². The van der Waals surface area contributed by atoms with Gasteiger partial charge >= 0.3 is 0 Å². The Bertz CT molecular complexity index is 518. The van der Waals surface area contributed by atoms with E-state index < -0.39 is 0 Å². The van der Waals surface area contributed by atoms with Crippen LogP contribution in [0.5, 0.6) is 0 Å². The van der Waals surface area contributed by atoms with Crippen LogP contribution < -0.4 is 5.32 Å². The number of hydrogen-bond acceptors (Lipinski definition) is 2. The summed E-state index contributed by atoms with van der Waals surface area (Å²) in [6.45, 7) is 16.8. The van der Waals surface area contributed by atoms with Crippen LogP contribution in [0, 0.1) is 5.92 Å². The molecule has 1 aromatic carbocycles. The van der Waals surface area contributed by atoms with Crippen LogP contribution in [-0.4, -0.2) is 22.0 Å². The van der Waals surface area contributed by atoms with Gasteiger partial charge in [0.25, 0.3) is 0 Å². The number of nitrogens with zero attached hydrogens (tertiary/aromatic N) is 1. The van der Waals surface area contributed by atoms with Gasteiger partial charge in [0.05, 0.1) is 5.54 Å². The van der Waals surface area contributed by atoms with Crippen LogP contribution in [0.1, 0.15) is 65.9 Å². The molecule has 1 aliphatic heterocycles. The van der Waals surface area contributed by atoms with Gasteiger partial charge in [-0.2, -0.15) is 0 Å². The van der Waals surface area contributed by atoms with Crippen molar-refractivity contribution in [1.82, 2.24) is 10.2 Å². The molecule has 1 heterocycles. The minimum atomic E-state index is 0.0523. The molecule has 0 bridgehead atoms. The number of likely N-dealkylation sites (tertiary alicyclic amines) is 1. The standard InChI is InChI=1S/C22H36N2/c1-7-9-15-19-16-21(3,4)24(8-2)22(5,6)20(19)23-17-18-13-11-10-12-14-18/h8,10-14,19-20,23H,2,7,9,15-17H2,1,3-6H3. The summed E-state index contributed by atoms with van der Waals surface area (Å²) in [6.07, 6.45) is 7.16. The van der Waals surface area contributed by atoms with Gasteiger partial charge < -0.3 is 10.2 Å². The smallest absolute Gasteiger partial charge is 0.0501 e. The largest absolute Gasteiger partial charge is 0.366 e. The van der Waals surface area contributed by atoms with Gasteiger partial charge in [-0.3, -0.25) is 0 Å². The van der Waals surface area contributed by atoms with Gasteiger partial charge in [0, 0.05) is 18.1 Å². The molecule has 1 aliphatic rings. The minimum Gasteiger partial charge on any atom is -0.366 e. The molecule has 24 heavy (non-hydrogen) atoms. The predicted octanol–water partition coefficient (Wildman–Crippen LogP) is 5.36. The van der Waals surface area contributed by atoms with Crippen LogP contribution in [0.15, 0.2) is 43.1 Å². The highest BCUT2D eigenvalue weighted by Crippen LogP contribution is 2.43. The molecule has 2 heteroatoms. The maximum Gasteiger partial charge on any atom is 0.0501 e. The van der Waals surface area contributed by atoms with Gasteiger partial charge in [-0.05, 0) is 58.2 Å². The molecule has 2 nitrogen and oxygen atoms in total. The summed E-state index contributed by atoms with van der Waals surface area (Å²) in [4.78, 5) is 2.48. The highest BCUT2D eigenvalue weighted by molar-refractivity contribution is 5.16. The summed E-state index contributed by atoms with van der Waals surface area (Å²) < 4.78 is 0. The van der Waals surface area contributed by atoms with Crippen LogP contribution in [0.2, 0.25) is 0 Å². The van der Waals surface area contributed by atoms with Crippen molar-refractivity contribution >= 4 is 0 Å². The van der Waals surface area contributed by atoms with Crippen molar-refractivity contribution in [3.8, 4) is 0 Å². The summed E-state index contributed by atoms with van der Waals surface area (Å²) in [5.41, 5.74) is 1.57. The first-order chi connectivity index (χ1) is 11.3. The summed E-state index contributed by atoms with van der Waals surface area (Å²) in [6, 6.07) is 11.2. The number of benzene rings is 1. The highest BCUT2D eigenvalue weighted by Gasteiger charge is 2.49. The Morgan fingerprint density at radius 2 is 1.88 bits per heavy atom. The third-order valence-corrected chi connectivity index (χ3v) is 5.75. The van der Waals surface area contributed by atoms with E-state index in [1.807, 2.05) is 6.20 Å². The third-order valence-electron chi connectivity index (χ3n) is 5.75. The molecule has 0 radical (unpaired) electrons. The van der Waals surface area contributed by atoms with Crippen LogP contribution >= 0.6 is 0 Å². The summed E-state index contributed by atoms with van der Waals surface area (Å²) in [7, 11) is 0. The number of rotatable bonds is 7. The van der Waals surface area contributed by atoms with Crippen molar-refractivity contribution in [2.75, 3.05) is 0 Å². The Labute approximate surface area is 149 Å². The molecule has 0 aromatic heterocycles. The normalized spacial score (nSPS) is 25.5. The predicted molar refractivity (Wildman–Crippen MR) is 105 cm³/mol. The van der Waals surface area contributed by atoms with Gasteiger partial charge in [-0.15, -0.1) is 0 Å². The third kappa shape index (κ3) is 4.03. The van der Waals surface area contributed by atoms with Crippen LogP contribution in [0.25, 0.3) is 0 Å². The lowest BCUT2D eigenvalue weighted by Crippen LogP contribution is -2.68. The number of hydrogen-bond donors (Lipinski definition) is 1. The van der Waals surface area contributed by atoms with Crippen molar-refractivity contribution in [2.45, 2.75) is 84.0 Å². The molecule has 1 saturated heterocycles. The van der Waals surface area contributed by atoms with Crippen molar-refractivity contribution in [1.29, 1.82) is 0 Å². The van der Waals surface area contributed by atoms with E-state index in [1.165, 1.54) is 31.2 Å². The van der Waals surface area contributed by atoms with E-state index in [1.54, 1.807) is 0 Å². The molecule has 1 aromatic rings. The van der Waals surface area contributed by atoms with E-state index in [-0.39, 0.29) is 11.1 Å². The van der Waals surface area contributed by atoms with Crippen LogP contribution in [0.4, 0.5) is 0 Å². The maximum atomic E-state index is 4.11. The molecule has 0 aliphatic carbocycles. The van der Waals surface area contributed by atoms with E-state index in [2.05, 4.69) is 81.7 Å². The maximum absolute atomic E-state index is 4.11. The van der Waals surface area contributed by atoms with Crippen LogP contribution in [0.3, 0.4) is 0 Å². The van der Waals surface area contributed by atoms with Gasteiger partial charge in [-0.1, -0.05) is 56.7 Å². The van der Waals surface area contributed by atoms with E-state index in [0.717, 1.165) is 6.54 Å². The summed E-state index contributed by atoms with van der Waals surface area (Å²) >= 11 is 0. The molecule has 1 N–H and O–H groups in total. The molecule has 0 amide bonds. The Morgan fingerprint density at radius 1 is 1.21 bits per heavy atom. The van der Waals surface area contributed by atoms with Gasteiger partial charge in [0.2, 0.25) is 0 Å². The van der Waals surface area contributed by atoms with E-state index in [4.69, 9.17) is 0 Å². The Hall–Kier alpha value is -1.28. The lowest BCUT2D eigenvalue weighted by molar-refractivity contribution is -0.0434. The second kappa shape index (κ2) is 7.74. The fourth-order valence-electron chi connectivity index (χ4n) is 4.82. The number of piperidine rings is 1. The van der Waals surface area contributed by atoms with E-state index in [0.29, 0.717) is 12.0 Å². The minimum absolute atomic E-state index is 0.0523. The highest BCUT2D eigenvalue weighted by atomic mass is 15.3. The number of nitrogens with one attached hydrogen (secondary N) is 1. The molecule has 134 valence electrons. The topological polar surface area (TPSA) is 15.3 Å². The first kappa shape index (κ1) is 19.1. The molecular weight excluding hydrogens is 292 g/mol. The second-order valence-corrected chi connectivity index (χ2v) is 8.47. The summed E-state index contributed by atoms with van der Waals surface area (Å²) in [5, 5.41) is 3.90. The van der Waals surface area contributed by atoms with Gasteiger partial charge in [-0.25, -0.2) is 0 Å². The zero-order valence-corrected chi connectivity index (χ0v) is 16.3. The number of unbranched alkanes of at least 4 members (excludes halogenated alkanes) is 1. The quantitative estimate of drug-likeness (QED) is 0.725. The van der Waals surface area contributed by atoms with Crippen molar-refractivity contribution in [3.05, 3.63) is 48.7 Å². The van der Waals surface area contributed by atoms with E-state index in [9.17, 15) is 0 Å².